The highest BCUT2D eigenvalue weighted by Gasteiger charge is 2.28. The topological polar surface area (TPSA) is 55.1 Å². The Labute approximate surface area is 123 Å². The molecule has 1 aromatic rings. The van der Waals surface area contributed by atoms with Crippen LogP contribution in [0.2, 0.25) is 0 Å². The van der Waals surface area contributed by atoms with E-state index in [1.54, 1.807) is 12.1 Å². The van der Waals surface area contributed by atoms with Gasteiger partial charge in [-0.2, -0.15) is 0 Å². The molecule has 1 aliphatic carbocycles. The van der Waals surface area contributed by atoms with Gasteiger partial charge in [-0.05, 0) is 58.8 Å². The third-order valence-electron chi connectivity index (χ3n) is 3.80. The van der Waals surface area contributed by atoms with E-state index in [1.165, 1.54) is 12.8 Å². The molecule has 3 nitrogen and oxygen atoms in total. The van der Waals surface area contributed by atoms with E-state index in [0.29, 0.717) is 16.7 Å². The lowest BCUT2D eigenvalue weighted by molar-refractivity contribution is 0.0902. The van der Waals surface area contributed by atoms with Crippen LogP contribution in [0.15, 0.2) is 22.7 Å². The van der Waals surface area contributed by atoms with Crippen molar-refractivity contribution in [1.29, 1.82) is 0 Å². The summed E-state index contributed by atoms with van der Waals surface area (Å²) >= 11 is 3.34. The van der Waals surface area contributed by atoms with Crippen LogP contribution in [0.5, 0.6) is 0 Å². The molecule has 1 fully saturated rings. The number of carbonyl (C=O) groups excluding carboxylic acids is 1. The maximum Gasteiger partial charge on any atom is 0.251 e. The van der Waals surface area contributed by atoms with Crippen LogP contribution in [-0.4, -0.2) is 11.9 Å². The SMILES string of the molecule is CC1(C)CCCC(NC(=O)c2ccc(Br)c(N)c2)C1. The smallest absolute Gasteiger partial charge is 0.251 e. The molecule has 3 N–H and O–H groups in total. The molecule has 1 amide bonds. The molecule has 1 aromatic carbocycles. The Bertz CT molecular complexity index is 485. The van der Waals surface area contributed by atoms with Crippen molar-refractivity contribution in [3.63, 3.8) is 0 Å². The molecular weight excluding hydrogens is 304 g/mol. The number of nitrogens with two attached hydrogens (primary N) is 1. The summed E-state index contributed by atoms with van der Waals surface area (Å²) in [5.74, 6) is -0.0260. The number of nitrogen functional groups attached to an aromatic ring is 1. The monoisotopic (exact) mass is 324 g/mol. The molecule has 0 saturated heterocycles. The predicted molar refractivity (Wildman–Crippen MR) is 82.1 cm³/mol. The van der Waals surface area contributed by atoms with E-state index >= 15 is 0 Å². The molecule has 1 aliphatic rings. The van der Waals surface area contributed by atoms with Gasteiger partial charge >= 0.3 is 0 Å². The molecule has 0 radical (unpaired) electrons. The molecule has 0 bridgehead atoms. The van der Waals surface area contributed by atoms with E-state index < -0.39 is 0 Å². The summed E-state index contributed by atoms with van der Waals surface area (Å²) in [6.07, 6.45) is 4.54. The van der Waals surface area contributed by atoms with E-state index in [4.69, 9.17) is 5.73 Å². The lowest BCUT2D eigenvalue weighted by Gasteiger charge is -2.35. The molecule has 104 valence electrons. The number of hydrogen-bond acceptors (Lipinski definition) is 2. The molecule has 1 unspecified atom stereocenters. The van der Waals surface area contributed by atoms with Crippen LogP contribution in [0, 0.1) is 5.41 Å². The summed E-state index contributed by atoms with van der Waals surface area (Å²) in [5, 5.41) is 3.13. The fourth-order valence-electron chi connectivity index (χ4n) is 2.78. The second kappa shape index (κ2) is 5.53. The number of amides is 1. The fraction of sp³-hybridized carbons (Fsp3) is 0.533. The van der Waals surface area contributed by atoms with Crippen LogP contribution in [0.1, 0.15) is 49.9 Å². The Hall–Kier alpha value is -1.03. The van der Waals surface area contributed by atoms with Gasteiger partial charge in [0.25, 0.3) is 5.91 Å². The molecule has 0 aromatic heterocycles. The van der Waals surface area contributed by atoms with Crippen molar-refractivity contribution in [2.45, 2.75) is 45.6 Å². The van der Waals surface area contributed by atoms with Gasteiger partial charge in [-0.25, -0.2) is 0 Å². The van der Waals surface area contributed by atoms with Gasteiger partial charge in [0.1, 0.15) is 0 Å². The predicted octanol–water partition coefficient (Wildman–Crippen LogP) is 3.73. The van der Waals surface area contributed by atoms with Gasteiger partial charge in [0.15, 0.2) is 0 Å². The Morgan fingerprint density at radius 3 is 2.84 bits per heavy atom. The first-order valence-electron chi connectivity index (χ1n) is 6.73. The van der Waals surface area contributed by atoms with E-state index in [1.807, 2.05) is 6.07 Å². The molecular formula is C15H21BrN2O. The first-order valence-corrected chi connectivity index (χ1v) is 7.53. The van der Waals surface area contributed by atoms with Crippen LogP contribution >= 0.6 is 15.9 Å². The average Bonchev–Trinajstić information content (AvgIpc) is 2.31. The maximum absolute atomic E-state index is 12.2. The summed E-state index contributed by atoms with van der Waals surface area (Å²) in [7, 11) is 0. The van der Waals surface area contributed by atoms with E-state index in [-0.39, 0.29) is 11.9 Å². The number of hydrogen-bond donors (Lipinski definition) is 2. The Morgan fingerprint density at radius 1 is 1.47 bits per heavy atom. The average molecular weight is 325 g/mol. The zero-order valence-electron chi connectivity index (χ0n) is 11.5. The standard InChI is InChI=1S/C15H21BrN2O/c1-15(2)7-3-4-11(9-15)18-14(19)10-5-6-12(16)13(17)8-10/h5-6,8,11H,3-4,7,9,17H2,1-2H3,(H,18,19). The maximum atomic E-state index is 12.2. The van der Waals surface area contributed by atoms with E-state index in [2.05, 4.69) is 35.1 Å². The summed E-state index contributed by atoms with van der Waals surface area (Å²) in [5.41, 5.74) is 7.36. The second-order valence-electron chi connectivity index (χ2n) is 6.17. The minimum absolute atomic E-state index is 0.0260. The van der Waals surface area contributed by atoms with Crippen LogP contribution in [0.4, 0.5) is 5.69 Å². The normalized spacial score (nSPS) is 21.9. The van der Waals surface area contributed by atoms with Gasteiger partial charge in [-0.1, -0.05) is 20.3 Å². The fourth-order valence-corrected chi connectivity index (χ4v) is 3.02. The zero-order chi connectivity index (χ0) is 14.0. The van der Waals surface area contributed by atoms with Crippen molar-refractivity contribution >= 4 is 27.5 Å². The minimum atomic E-state index is -0.0260. The number of anilines is 1. The van der Waals surface area contributed by atoms with Gasteiger partial charge in [0.2, 0.25) is 0 Å². The summed E-state index contributed by atoms with van der Waals surface area (Å²) in [6, 6.07) is 5.60. The van der Waals surface area contributed by atoms with Crippen molar-refractivity contribution in [3.8, 4) is 0 Å². The van der Waals surface area contributed by atoms with Crippen LogP contribution in [0.25, 0.3) is 0 Å². The molecule has 0 aliphatic heterocycles. The lowest BCUT2D eigenvalue weighted by Crippen LogP contribution is -2.40. The number of carbonyl (C=O) groups is 1. The van der Waals surface area contributed by atoms with E-state index in [9.17, 15) is 4.79 Å². The number of rotatable bonds is 2. The second-order valence-corrected chi connectivity index (χ2v) is 7.02. The molecule has 1 saturated carbocycles. The Morgan fingerprint density at radius 2 is 2.21 bits per heavy atom. The first-order chi connectivity index (χ1) is 8.87. The highest BCUT2D eigenvalue weighted by molar-refractivity contribution is 9.10. The molecule has 1 atom stereocenters. The highest BCUT2D eigenvalue weighted by atomic mass is 79.9. The Kier molecular flexibility index (Phi) is 4.19. The molecule has 0 spiro atoms. The number of nitrogens with one attached hydrogen (secondary N) is 1. The van der Waals surface area contributed by atoms with Crippen molar-refractivity contribution < 1.29 is 4.79 Å². The van der Waals surface area contributed by atoms with Crippen LogP contribution < -0.4 is 11.1 Å². The summed E-state index contributed by atoms with van der Waals surface area (Å²) < 4.78 is 0.822. The molecule has 4 heteroatoms. The van der Waals surface area contributed by atoms with Crippen molar-refractivity contribution in [3.05, 3.63) is 28.2 Å². The van der Waals surface area contributed by atoms with E-state index in [0.717, 1.165) is 17.3 Å². The summed E-state index contributed by atoms with van der Waals surface area (Å²) in [4.78, 5) is 12.2. The van der Waals surface area contributed by atoms with Crippen LogP contribution in [-0.2, 0) is 0 Å². The molecule has 19 heavy (non-hydrogen) atoms. The van der Waals surface area contributed by atoms with Gasteiger partial charge in [0.05, 0.1) is 0 Å². The van der Waals surface area contributed by atoms with Crippen LogP contribution in [0.3, 0.4) is 0 Å². The largest absolute Gasteiger partial charge is 0.398 e. The minimum Gasteiger partial charge on any atom is -0.398 e. The van der Waals surface area contributed by atoms with Gasteiger partial charge in [-0.15, -0.1) is 0 Å². The quantitative estimate of drug-likeness (QED) is 0.814. The van der Waals surface area contributed by atoms with Gasteiger partial charge in [0, 0.05) is 21.8 Å². The highest BCUT2D eigenvalue weighted by Crippen LogP contribution is 2.35. The molecule has 0 heterocycles. The summed E-state index contributed by atoms with van der Waals surface area (Å²) in [6.45, 7) is 4.53. The van der Waals surface area contributed by atoms with Gasteiger partial charge in [-0.3, -0.25) is 4.79 Å². The zero-order valence-corrected chi connectivity index (χ0v) is 13.1. The Balaban J connectivity index is 2.02. The van der Waals surface area contributed by atoms with Gasteiger partial charge < -0.3 is 11.1 Å². The first kappa shape index (κ1) is 14.4. The van der Waals surface area contributed by atoms with Crippen molar-refractivity contribution in [2.75, 3.05) is 5.73 Å². The third kappa shape index (κ3) is 3.72. The third-order valence-corrected chi connectivity index (χ3v) is 4.52. The van der Waals surface area contributed by atoms with Crippen molar-refractivity contribution in [1.82, 2.24) is 5.32 Å². The number of halogens is 1. The van der Waals surface area contributed by atoms with Crippen molar-refractivity contribution in [2.24, 2.45) is 5.41 Å². The number of benzene rings is 1. The molecule has 2 rings (SSSR count). The lowest BCUT2D eigenvalue weighted by atomic mass is 9.75.